The second-order valence-corrected chi connectivity index (χ2v) is 4.77. The number of rotatable bonds is 5. The number of likely N-dealkylation sites (N-methyl/N-ethyl adjacent to an activating group) is 1. The second kappa shape index (κ2) is 6.64. The predicted octanol–water partition coefficient (Wildman–Crippen LogP) is 3.77. The number of nitrogens with zero attached hydrogens (tertiary/aromatic N) is 1. The zero-order valence-corrected chi connectivity index (χ0v) is 11.5. The quantitative estimate of drug-likeness (QED) is 0.901. The molecule has 0 aliphatic heterocycles. The zero-order valence-electron chi connectivity index (χ0n) is 10.7. The Morgan fingerprint density at radius 3 is 2.68 bits per heavy atom. The van der Waals surface area contributed by atoms with E-state index in [0.717, 1.165) is 12.1 Å². The second-order valence-electron chi connectivity index (χ2n) is 4.34. The van der Waals surface area contributed by atoms with Crippen LogP contribution in [0.1, 0.15) is 24.1 Å². The van der Waals surface area contributed by atoms with E-state index >= 15 is 0 Å². The fourth-order valence-corrected chi connectivity index (χ4v) is 2.26. The minimum Gasteiger partial charge on any atom is -0.310 e. The van der Waals surface area contributed by atoms with E-state index in [1.807, 2.05) is 19.1 Å². The Hall–Kier alpha value is -1.45. The molecule has 1 aromatic heterocycles. The number of nitrogens with one attached hydrogen (secondary N) is 1. The van der Waals surface area contributed by atoms with Crippen LogP contribution in [0.3, 0.4) is 0 Å². The Bertz CT molecular complexity index is 531. The molecule has 0 spiro atoms. The number of aromatic nitrogens is 1. The van der Waals surface area contributed by atoms with Gasteiger partial charge in [0.25, 0.3) is 0 Å². The van der Waals surface area contributed by atoms with Gasteiger partial charge in [-0.2, -0.15) is 0 Å². The average Bonchev–Trinajstić information content (AvgIpc) is 2.42. The summed E-state index contributed by atoms with van der Waals surface area (Å²) in [5.41, 5.74) is 1.71. The van der Waals surface area contributed by atoms with Crippen molar-refractivity contribution in [3.63, 3.8) is 0 Å². The van der Waals surface area contributed by atoms with Gasteiger partial charge >= 0.3 is 0 Å². The van der Waals surface area contributed by atoms with E-state index in [2.05, 4.69) is 10.3 Å². The third-order valence-electron chi connectivity index (χ3n) is 2.97. The maximum Gasteiger partial charge on any atom is 0.128 e. The molecular weight excluding hydrogens is 263 g/mol. The molecule has 0 aliphatic carbocycles. The van der Waals surface area contributed by atoms with Crippen molar-refractivity contribution < 1.29 is 4.39 Å². The van der Waals surface area contributed by atoms with Crippen LogP contribution in [0.25, 0.3) is 0 Å². The first-order valence-electron chi connectivity index (χ1n) is 6.28. The number of hydrogen-bond donors (Lipinski definition) is 1. The van der Waals surface area contributed by atoms with Crippen LogP contribution in [0.5, 0.6) is 0 Å². The van der Waals surface area contributed by atoms with Gasteiger partial charge in [-0.3, -0.25) is 4.98 Å². The molecule has 100 valence electrons. The van der Waals surface area contributed by atoms with Crippen LogP contribution in [0.2, 0.25) is 5.02 Å². The molecule has 2 rings (SSSR count). The van der Waals surface area contributed by atoms with Crippen LogP contribution < -0.4 is 5.32 Å². The van der Waals surface area contributed by atoms with Gasteiger partial charge in [0.15, 0.2) is 0 Å². The molecule has 1 unspecified atom stereocenters. The summed E-state index contributed by atoms with van der Waals surface area (Å²) < 4.78 is 13.9. The number of hydrogen-bond acceptors (Lipinski definition) is 2. The summed E-state index contributed by atoms with van der Waals surface area (Å²) in [6, 6.07) is 8.45. The number of benzene rings is 1. The Kier molecular flexibility index (Phi) is 4.88. The van der Waals surface area contributed by atoms with Gasteiger partial charge in [-0.15, -0.1) is 0 Å². The van der Waals surface area contributed by atoms with Crippen molar-refractivity contribution in [1.29, 1.82) is 0 Å². The van der Waals surface area contributed by atoms with Crippen molar-refractivity contribution in [2.45, 2.75) is 19.4 Å². The Morgan fingerprint density at radius 2 is 2.00 bits per heavy atom. The van der Waals surface area contributed by atoms with Crippen molar-refractivity contribution >= 4 is 11.6 Å². The highest BCUT2D eigenvalue weighted by atomic mass is 35.5. The fourth-order valence-electron chi connectivity index (χ4n) is 2.07. The van der Waals surface area contributed by atoms with Gasteiger partial charge in [0.2, 0.25) is 0 Å². The first kappa shape index (κ1) is 14.0. The van der Waals surface area contributed by atoms with E-state index in [1.54, 1.807) is 24.5 Å². The number of halogens is 2. The lowest BCUT2D eigenvalue weighted by Crippen LogP contribution is -2.24. The maximum atomic E-state index is 13.9. The first-order valence-corrected chi connectivity index (χ1v) is 6.65. The molecule has 0 amide bonds. The Morgan fingerprint density at radius 1 is 1.26 bits per heavy atom. The van der Waals surface area contributed by atoms with E-state index < -0.39 is 0 Å². The molecule has 2 nitrogen and oxygen atoms in total. The van der Waals surface area contributed by atoms with E-state index in [-0.39, 0.29) is 11.9 Å². The molecule has 0 bridgehead atoms. The highest BCUT2D eigenvalue weighted by molar-refractivity contribution is 6.30. The van der Waals surface area contributed by atoms with Gasteiger partial charge in [0.05, 0.1) is 0 Å². The molecule has 0 aliphatic rings. The molecule has 2 aromatic rings. The van der Waals surface area contributed by atoms with Crippen LogP contribution in [-0.2, 0) is 6.42 Å². The lowest BCUT2D eigenvalue weighted by Gasteiger charge is -2.19. The SMILES string of the molecule is CCNC(Cc1ccncc1)c1cc(Cl)ccc1F. The van der Waals surface area contributed by atoms with E-state index in [4.69, 9.17) is 11.6 Å². The predicted molar refractivity (Wildman–Crippen MR) is 75.8 cm³/mol. The average molecular weight is 279 g/mol. The summed E-state index contributed by atoms with van der Waals surface area (Å²) in [7, 11) is 0. The molecule has 1 atom stereocenters. The van der Waals surface area contributed by atoms with Crippen LogP contribution in [0.4, 0.5) is 4.39 Å². The minimum absolute atomic E-state index is 0.0916. The third-order valence-corrected chi connectivity index (χ3v) is 3.21. The summed E-state index contributed by atoms with van der Waals surface area (Å²) in [6.07, 6.45) is 4.19. The summed E-state index contributed by atoms with van der Waals surface area (Å²) in [5, 5.41) is 3.85. The van der Waals surface area contributed by atoms with Gasteiger partial charge in [-0.05, 0) is 48.9 Å². The third kappa shape index (κ3) is 3.75. The van der Waals surface area contributed by atoms with Crippen LogP contribution >= 0.6 is 11.6 Å². The van der Waals surface area contributed by atoms with Gasteiger partial charge in [0, 0.05) is 29.0 Å². The molecule has 0 saturated heterocycles. The van der Waals surface area contributed by atoms with Crippen LogP contribution in [0.15, 0.2) is 42.7 Å². The molecule has 4 heteroatoms. The molecule has 19 heavy (non-hydrogen) atoms. The van der Waals surface area contributed by atoms with Crippen molar-refractivity contribution in [3.05, 3.63) is 64.7 Å². The summed E-state index contributed by atoms with van der Waals surface area (Å²) in [6.45, 7) is 2.77. The fraction of sp³-hybridized carbons (Fsp3) is 0.267. The van der Waals surface area contributed by atoms with Crippen molar-refractivity contribution in [3.8, 4) is 0 Å². The van der Waals surface area contributed by atoms with E-state index in [9.17, 15) is 4.39 Å². The molecule has 0 saturated carbocycles. The lowest BCUT2D eigenvalue weighted by atomic mass is 9.99. The molecule has 1 heterocycles. The molecule has 1 aromatic carbocycles. The van der Waals surface area contributed by atoms with Crippen LogP contribution in [0, 0.1) is 5.82 Å². The monoisotopic (exact) mass is 278 g/mol. The van der Waals surface area contributed by atoms with Gasteiger partial charge in [-0.25, -0.2) is 4.39 Å². The number of pyridine rings is 1. The van der Waals surface area contributed by atoms with Gasteiger partial charge in [-0.1, -0.05) is 18.5 Å². The molecule has 1 N–H and O–H groups in total. The lowest BCUT2D eigenvalue weighted by molar-refractivity contribution is 0.510. The molecule has 0 radical (unpaired) electrons. The van der Waals surface area contributed by atoms with Crippen LogP contribution in [-0.4, -0.2) is 11.5 Å². The topological polar surface area (TPSA) is 24.9 Å². The van der Waals surface area contributed by atoms with Crippen molar-refractivity contribution in [1.82, 2.24) is 10.3 Å². The molecular formula is C15H16ClFN2. The van der Waals surface area contributed by atoms with Crippen molar-refractivity contribution in [2.24, 2.45) is 0 Å². The molecule has 0 fully saturated rings. The summed E-state index contributed by atoms with van der Waals surface area (Å²) in [4.78, 5) is 3.99. The zero-order chi connectivity index (χ0) is 13.7. The normalized spacial score (nSPS) is 12.4. The largest absolute Gasteiger partial charge is 0.310 e. The highest BCUT2D eigenvalue weighted by Crippen LogP contribution is 2.24. The summed E-state index contributed by atoms with van der Waals surface area (Å²) in [5.74, 6) is -0.232. The smallest absolute Gasteiger partial charge is 0.128 e. The van der Waals surface area contributed by atoms with Crippen molar-refractivity contribution in [2.75, 3.05) is 6.54 Å². The maximum absolute atomic E-state index is 13.9. The van der Waals surface area contributed by atoms with E-state index in [0.29, 0.717) is 17.0 Å². The highest BCUT2D eigenvalue weighted by Gasteiger charge is 2.15. The van der Waals surface area contributed by atoms with Gasteiger partial charge < -0.3 is 5.32 Å². The summed E-state index contributed by atoms with van der Waals surface area (Å²) >= 11 is 5.96. The van der Waals surface area contributed by atoms with E-state index in [1.165, 1.54) is 6.07 Å². The standard InChI is InChI=1S/C15H16ClFN2/c1-2-19-15(9-11-5-7-18-8-6-11)13-10-12(16)3-4-14(13)17/h3-8,10,15,19H,2,9H2,1H3. The minimum atomic E-state index is -0.232. The Labute approximate surface area is 117 Å². The van der Waals surface area contributed by atoms with Gasteiger partial charge in [0.1, 0.15) is 5.82 Å². The first-order chi connectivity index (χ1) is 9.20. The Balaban J connectivity index is 2.27.